The van der Waals surface area contributed by atoms with Crippen molar-refractivity contribution >= 4 is 35.1 Å². The fourth-order valence-electron chi connectivity index (χ4n) is 4.29. The first-order valence-corrected chi connectivity index (χ1v) is 11.5. The molecule has 9 heteroatoms. The zero-order valence-corrected chi connectivity index (χ0v) is 18.9. The molecule has 2 amide bonds. The lowest BCUT2D eigenvalue weighted by atomic mass is 9.97. The number of nitrogens with one attached hydrogen (secondary N) is 1. The van der Waals surface area contributed by atoms with Crippen molar-refractivity contribution in [3.05, 3.63) is 47.7 Å². The van der Waals surface area contributed by atoms with Gasteiger partial charge in [-0.2, -0.15) is 0 Å². The van der Waals surface area contributed by atoms with Gasteiger partial charge in [-0.05, 0) is 43.7 Å². The van der Waals surface area contributed by atoms with Crippen LogP contribution in [0.3, 0.4) is 0 Å². The Morgan fingerprint density at radius 3 is 2.62 bits per heavy atom. The molecule has 0 radical (unpaired) electrons. The molecule has 0 saturated carbocycles. The van der Waals surface area contributed by atoms with E-state index in [-0.39, 0.29) is 17.7 Å². The summed E-state index contributed by atoms with van der Waals surface area (Å²) in [6, 6.07) is 9.31. The van der Waals surface area contributed by atoms with Gasteiger partial charge < -0.3 is 20.0 Å². The molecular formula is C23H29ClN6O2. The molecule has 32 heavy (non-hydrogen) atoms. The highest BCUT2D eigenvalue weighted by Crippen LogP contribution is 2.20. The van der Waals surface area contributed by atoms with Crippen LogP contribution < -0.4 is 10.2 Å². The summed E-state index contributed by atoms with van der Waals surface area (Å²) >= 11 is 5.85. The molecule has 0 aliphatic carbocycles. The Balaban J connectivity index is 1.20. The number of nitrogens with zero attached hydrogens (tertiary/aromatic N) is 5. The van der Waals surface area contributed by atoms with E-state index in [0.29, 0.717) is 43.4 Å². The Kier molecular flexibility index (Phi) is 7.55. The van der Waals surface area contributed by atoms with Crippen molar-refractivity contribution in [2.24, 2.45) is 5.92 Å². The topological polar surface area (TPSA) is 81.7 Å². The van der Waals surface area contributed by atoms with E-state index < -0.39 is 0 Å². The van der Waals surface area contributed by atoms with E-state index in [2.05, 4.69) is 25.1 Å². The molecule has 2 saturated heterocycles. The number of anilines is 2. The Hall–Kier alpha value is -2.71. The van der Waals surface area contributed by atoms with Gasteiger partial charge in [-0.15, -0.1) is 0 Å². The minimum absolute atomic E-state index is 0.0264. The molecule has 4 rings (SSSR count). The summed E-state index contributed by atoms with van der Waals surface area (Å²) in [4.78, 5) is 40.3. The number of piperidine rings is 1. The van der Waals surface area contributed by atoms with E-state index in [0.717, 1.165) is 38.3 Å². The Morgan fingerprint density at radius 1 is 1.06 bits per heavy atom. The molecule has 0 bridgehead atoms. The Bertz CT molecular complexity index is 902. The molecule has 2 aromatic heterocycles. The molecule has 2 aliphatic heterocycles. The number of carbonyl (C=O) groups excluding carboxylic acids is 2. The third-order valence-corrected chi connectivity index (χ3v) is 6.33. The van der Waals surface area contributed by atoms with E-state index in [9.17, 15) is 9.59 Å². The van der Waals surface area contributed by atoms with Crippen LogP contribution in [0.5, 0.6) is 0 Å². The summed E-state index contributed by atoms with van der Waals surface area (Å²) in [5, 5.41) is 3.41. The SMILES string of the molecule is O=C(Nc1ccc(Cl)cn1)C1CCCN(CCC(=O)N2CCN(c3ccccn3)CC2)C1. The number of halogens is 1. The van der Waals surface area contributed by atoms with E-state index in [1.165, 1.54) is 6.20 Å². The molecule has 2 aliphatic rings. The van der Waals surface area contributed by atoms with E-state index in [4.69, 9.17) is 11.6 Å². The third-order valence-electron chi connectivity index (χ3n) is 6.10. The number of aromatic nitrogens is 2. The van der Waals surface area contributed by atoms with Gasteiger partial charge in [0.2, 0.25) is 11.8 Å². The maximum Gasteiger partial charge on any atom is 0.229 e. The van der Waals surface area contributed by atoms with Gasteiger partial charge in [0.1, 0.15) is 11.6 Å². The first-order valence-electron chi connectivity index (χ1n) is 11.2. The Labute approximate surface area is 193 Å². The minimum atomic E-state index is -0.0988. The highest BCUT2D eigenvalue weighted by Gasteiger charge is 2.27. The summed E-state index contributed by atoms with van der Waals surface area (Å²) in [5.74, 6) is 1.53. The summed E-state index contributed by atoms with van der Waals surface area (Å²) < 4.78 is 0. The largest absolute Gasteiger partial charge is 0.353 e. The van der Waals surface area contributed by atoms with Gasteiger partial charge in [0, 0.05) is 58.1 Å². The average molecular weight is 457 g/mol. The van der Waals surface area contributed by atoms with Gasteiger partial charge in [-0.25, -0.2) is 9.97 Å². The van der Waals surface area contributed by atoms with Crippen LogP contribution >= 0.6 is 11.6 Å². The van der Waals surface area contributed by atoms with Gasteiger partial charge >= 0.3 is 0 Å². The van der Waals surface area contributed by atoms with Crippen molar-refractivity contribution in [3.8, 4) is 0 Å². The summed E-state index contributed by atoms with van der Waals surface area (Å²) in [7, 11) is 0. The molecule has 1 atom stereocenters. The highest BCUT2D eigenvalue weighted by atomic mass is 35.5. The normalized spacial score (nSPS) is 19.6. The van der Waals surface area contributed by atoms with Crippen LogP contribution in [0.4, 0.5) is 11.6 Å². The number of likely N-dealkylation sites (tertiary alicyclic amines) is 1. The summed E-state index contributed by atoms with van der Waals surface area (Å²) in [6.07, 6.45) is 5.59. The van der Waals surface area contributed by atoms with Crippen LogP contribution in [0, 0.1) is 5.92 Å². The van der Waals surface area contributed by atoms with Crippen LogP contribution in [0.1, 0.15) is 19.3 Å². The zero-order valence-electron chi connectivity index (χ0n) is 18.1. The summed E-state index contributed by atoms with van der Waals surface area (Å²) in [5.41, 5.74) is 0. The Morgan fingerprint density at radius 2 is 1.91 bits per heavy atom. The van der Waals surface area contributed by atoms with Crippen molar-refractivity contribution in [3.63, 3.8) is 0 Å². The second-order valence-corrected chi connectivity index (χ2v) is 8.73. The fourth-order valence-corrected chi connectivity index (χ4v) is 4.40. The molecule has 0 aromatic carbocycles. The van der Waals surface area contributed by atoms with Crippen molar-refractivity contribution in [2.75, 3.05) is 56.0 Å². The van der Waals surface area contributed by atoms with E-state index >= 15 is 0 Å². The second kappa shape index (κ2) is 10.7. The van der Waals surface area contributed by atoms with Crippen LogP contribution in [0.2, 0.25) is 5.02 Å². The van der Waals surface area contributed by atoms with Crippen LogP contribution in [-0.4, -0.2) is 77.4 Å². The number of piperazine rings is 1. The second-order valence-electron chi connectivity index (χ2n) is 8.30. The summed E-state index contributed by atoms with van der Waals surface area (Å²) in [6.45, 7) is 5.30. The number of carbonyl (C=O) groups is 2. The lowest BCUT2D eigenvalue weighted by molar-refractivity contribution is -0.131. The molecule has 2 fully saturated rings. The quantitative estimate of drug-likeness (QED) is 0.719. The minimum Gasteiger partial charge on any atom is -0.353 e. The maximum absolute atomic E-state index is 12.7. The van der Waals surface area contributed by atoms with Crippen molar-refractivity contribution in [2.45, 2.75) is 19.3 Å². The van der Waals surface area contributed by atoms with Crippen molar-refractivity contribution < 1.29 is 9.59 Å². The maximum atomic E-state index is 12.7. The number of hydrogen-bond acceptors (Lipinski definition) is 6. The monoisotopic (exact) mass is 456 g/mol. The van der Waals surface area contributed by atoms with E-state index in [1.54, 1.807) is 18.3 Å². The van der Waals surface area contributed by atoms with Gasteiger partial charge in [0.05, 0.1) is 10.9 Å². The number of rotatable bonds is 6. The number of amides is 2. The van der Waals surface area contributed by atoms with Crippen LogP contribution in [-0.2, 0) is 9.59 Å². The number of pyridine rings is 2. The third kappa shape index (κ3) is 5.95. The molecule has 0 spiro atoms. The molecular weight excluding hydrogens is 428 g/mol. The molecule has 8 nitrogen and oxygen atoms in total. The predicted molar refractivity (Wildman–Crippen MR) is 125 cm³/mol. The highest BCUT2D eigenvalue weighted by molar-refractivity contribution is 6.30. The van der Waals surface area contributed by atoms with Crippen LogP contribution in [0.15, 0.2) is 42.7 Å². The van der Waals surface area contributed by atoms with Gasteiger partial charge in [0.15, 0.2) is 0 Å². The predicted octanol–water partition coefficient (Wildman–Crippen LogP) is 2.52. The zero-order chi connectivity index (χ0) is 22.3. The molecule has 1 unspecified atom stereocenters. The lowest BCUT2D eigenvalue weighted by Gasteiger charge is -2.36. The standard InChI is InChI=1S/C23H29ClN6O2/c24-19-6-7-20(26-16-19)27-23(32)18-4-3-10-28(17-18)11-8-22(31)30-14-12-29(13-15-30)21-5-1-2-9-25-21/h1-2,5-7,9,16,18H,3-4,8,10-15,17H2,(H,26,27,32). The molecule has 1 N–H and O–H groups in total. The first-order chi connectivity index (χ1) is 15.6. The van der Waals surface area contributed by atoms with Gasteiger partial charge in [-0.1, -0.05) is 17.7 Å². The van der Waals surface area contributed by atoms with Crippen molar-refractivity contribution in [1.29, 1.82) is 0 Å². The smallest absolute Gasteiger partial charge is 0.229 e. The van der Waals surface area contributed by atoms with Gasteiger partial charge in [-0.3, -0.25) is 9.59 Å². The molecule has 170 valence electrons. The van der Waals surface area contributed by atoms with Crippen molar-refractivity contribution in [1.82, 2.24) is 19.8 Å². The van der Waals surface area contributed by atoms with Crippen LogP contribution in [0.25, 0.3) is 0 Å². The lowest BCUT2D eigenvalue weighted by Crippen LogP contribution is -2.50. The number of hydrogen-bond donors (Lipinski definition) is 1. The fraction of sp³-hybridized carbons (Fsp3) is 0.478. The molecule has 2 aromatic rings. The first kappa shape index (κ1) is 22.5. The molecule has 4 heterocycles. The van der Waals surface area contributed by atoms with E-state index in [1.807, 2.05) is 23.1 Å². The average Bonchev–Trinajstić information content (AvgIpc) is 2.85. The van der Waals surface area contributed by atoms with Gasteiger partial charge in [0.25, 0.3) is 0 Å².